The van der Waals surface area contributed by atoms with Gasteiger partial charge in [0, 0.05) is 12.1 Å². The highest BCUT2D eigenvalue weighted by Gasteiger charge is 2.12. The van der Waals surface area contributed by atoms with Crippen LogP contribution in [0.4, 0.5) is 8.78 Å². The number of fused-ring (bicyclic) bond motifs is 2. The third-order valence-corrected chi connectivity index (χ3v) is 2.60. The molecule has 2 aromatic carbocycles. The maximum Gasteiger partial charge on any atom is 0.203 e. The van der Waals surface area contributed by atoms with Crippen LogP contribution in [0, 0.1) is 11.6 Å². The van der Waals surface area contributed by atoms with Gasteiger partial charge in [-0.1, -0.05) is 12.1 Å². The molecule has 0 saturated heterocycles. The minimum atomic E-state index is -0.903. The van der Waals surface area contributed by atoms with E-state index in [4.69, 9.17) is 4.42 Å². The van der Waals surface area contributed by atoms with Gasteiger partial charge < -0.3 is 4.42 Å². The predicted octanol–water partition coefficient (Wildman–Crippen LogP) is 3.22. The molecule has 0 N–H and O–H groups in total. The van der Waals surface area contributed by atoms with Crippen molar-refractivity contribution in [3.8, 4) is 0 Å². The van der Waals surface area contributed by atoms with Crippen LogP contribution < -0.4 is 5.43 Å². The molecule has 0 fully saturated rings. The fourth-order valence-corrected chi connectivity index (χ4v) is 1.85. The van der Waals surface area contributed by atoms with Crippen LogP contribution >= 0.6 is 0 Å². The van der Waals surface area contributed by atoms with Crippen molar-refractivity contribution < 1.29 is 13.2 Å². The zero-order chi connectivity index (χ0) is 12.0. The van der Waals surface area contributed by atoms with Gasteiger partial charge in [0.15, 0.2) is 0 Å². The number of halogens is 2. The van der Waals surface area contributed by atoms with Crippen molar-refractivity contribution in [2.24, 2.45) is 0 Å². The average Bonchev–Trinajstić information content (AvgIpc) is 2.28. The third-order valence-electron chi connectivity index (χ3n) is 2.60. The SMILES string of the molecule is O=c1c2ccccc2oc2cc(F)cc(F)c12. The Kier molecular flexibility index (Phi) is 1.98. The van der Waals surface area contributed by atoms with Gasteiger partial charge in [0.25, 0.3) is 0 Å². The molecule has 0 bridgehead atoms. The lowest BCUT2D eigenvalue weighted by Crippen LogP contribution is -2.04. The molecule has 1 aromatic heterocycles. The van der Waals surface area contributed by atoms with E-state index in [1.54, 1.807) is 24.3 Å². The van der Waals surface area contributed by atoms with Crippen LogP contribution in [-0.2, 0) is 0 Å². The van der Waals surface area contributed by atoms with Gasteiger partial charge in [0.1, 0.15) is 28.2 Å². The molecule has 0 saturated carbocycles. The van der Waals surface area contributed by atoms with Crippen molar-refractivity contribution in [2.45, 2.75) is 0 Å². The molecule has 84 valence electrons. The fourth-order valence-electron chi connectivity index (χ4n) is 1.85. The molecular formula is C13H6F2O2. The summed E-state index contributed by atoms with van der Waals surface area (Å²) < 4.78 is 31.9. The molecule has 1 heterocycles. The number of para-hydroxylation sites is 1. The first-order valence-electron chi connectivity index (χ1n) is 4.97. The summed E-state index contributed by atoms with van der Waals surface area (Å²) in [6.45, 7) is 0. The molecule has 2 nitrogen and oxygen atoms in total. The van der Waals surface area contributed by atoms with E-state index < -0.39 is 17.1 Å². The third kappa shape index (κ3) is 1.41. The molecule has 0 radical (unpaired) electrons. The van der Waals surface area contributed by atoms with E-state index >= 15 is 0 Å². The van der Waals surface area contributed by atoms with Gasteiger partial charge in [-0.25, -0.2) is 8.78 Å². The van der Waals surface area contributed by atoms with Crippen LogP contribution in [0.25, 0.3) is 21.9 Å². The molecule has 17 heavy (non-hydrogen) atoms. The molecule has 0 aliphatic rings. The molecule has 0 unspecified atom stereocenters. The highest BCUT2D eigenvalue weighted by Crippen LogP contribution is 2.21. The van der Waals surface area contributed by atoms with Crippen LogP contribution in [0.3, 0.4) is 0 Å². The monoisotopic (exact) mass is 232 g/mol. The number of benzene rings is 2. The van der Waals surface area contributed by atoms with Crippen molar-refractivity contribution in [2.75, 3.05) is 0 Å². The minimum absolute atomic E-state index is 0.0776. The lowest BCUT2D eigenvalue weighted by Gasteiger charge is -2.01. The van der Waals surface area contributed by atoms with E-state index in [2.05, 4.69) is 0 Å². The summed E-state index contributed by atoms with van der Waals surface area (Å²) >= 11 is 0. The van der Waals surface area contributed by atoms with Crippen LogP contribution in [0.1, 0.15) is 0 Å². The molecule has 3 rings (SSSR count). The van der Waals surface area contributed by atoms with Gasteiger partial charge in [-0.15, -0.1) is 0 Å². The standard InChI is InChI=1S/C13H6F2O2/c14-7-5-9(15)12-11(6-7)17-10-4-2-1-3-8(10)13(12)16/h1-6H. The zero-order valence-corrected chi connectivity index (χ0v) is 8.54. The Balaban J connectivity index is 2.64. The first-order chi connectivity index (χ1) is 8.16. The predicted molar refractivity (Wildman–Crippen MR) is 59.9 cm³/mol. The molecule has 0 amide bonds. The molecule has 0 atom stereocenters. The van der Waals surface area contributed by atoms with E-state index in [9.17, 15) is 13.6 Å². The van der Waals surface area contributed by atoms with Crippen molar-refractivity contribution in [3.05, 3.63) is 58.3 Å². The van der Waals surface area contributed by atoms with Crippen LogP contribution in [0.15, 0.2) is 45.6 Å². The maximum absolute atomic E-state index is 13.5. The molecule has 0 aliphatic carbocycles. The van der Waals surface area contributed by atoms with Gasteiger partial charge in [-0.2, -0.15) is 0 Å². The lowest BCUT2D eigenvalue weighted by molar-refractivity contribution is 0.580. The Morgan fingerprint density at radius 3 is 2.59 bits per heavy atom. The van der Waals surface area contributed by atoms with Crippen LogP contribution in [0.5, 0.6) is 0 Å². The van der Waals surface area contributed by atoms with E-state index in [-0.39, 0.29) is 16.4 Å². The second-order valence-corrected chi connectivity index (χ2v) is 3.69. The number of hydrogen-bond acceptors (Lipinski definition) is 2. The first kappa shape index (κ1) is 9.96. The average molecular weight is 232 g/mol. The molecular weight excluding hydrogens is 226 g/mol. The van der Waals surface area contributed by atoms with E-state index in [1.807, 2.05) is 0 Å². The summed E-state index contributed by atoms with van der Waals surface area (Å²) in [5.41, 5.74) is -0.249. The minimum Gasteiger partial charge on any atom is -0.456 e. The van der Waals surface area contributed by atoms with Crippen LogP contribution in [-0.4, -0.2) is 0 Å². The zero-order valence-electron chi connectivity index (χ0n) is 8.54. The summed E-state index contributed by atoms with van der Waals surface area (Å²) in [5.74, 6) is -1.67. The molecule has 0 aliphatic heterocycles. The Hall–Kier alpha value is -2.23. The summed E-state index contributed by atoms with van der Waals surface area (Å²) in [5, 5.41) is 0.0654. The van der Waals surface area contributed by atoms with Crippen molar-refractivity contribution in [1.29, 1.82) is 0 Å². The van der Waals surface area contributed by atoms with Crippen molar-refractivity contribution in [1.82, 2.24) is 0 Å². The highest BCUT2D eigenvalue weighted by molar-refractivity contribution is 5.89. The molecule has 3 aromatic rings. The Labute approximate surface area is 94.1 Å². The largest absolute Gasteiger partial charge is 0.456 e. The second kappa shape index (κ2) is 3.38. The summed E-state index contributed by atoms with van der Waals surface area (Å²) in [4.78, 5) is 12.0. The van der Waals surface area contributed by atoms with Crippen molar-refractivity contribution >= 4 is 21.9 Å². The normalized spacial score (nSPS) is 11.2. The summed E-state index contributed by atoms with van der Waals surface area (Å²) in [6, 6.07) is 8.15. The lowest BCUT2D eigenvalue weighted by atomic mass is 10.1. The van der Waals surface area contributed by atoms with Gasteiger partial charge in [-0.3, -0.25) is 4.79 Å². The van der Waals surface area contributed by atoms with Gasteiger partial charge in [-0.05, 0) is 12.1 Å². The van der Waals surface area contributed by atoms with Gasteiger partial charge in [0.05, 0.1) is 5.39 Å². The number of hydrogen-bond donors (Lipinski definition) is 0. The van der Waals surface area contributed by atoms with E-state index in [0.717, 1.165) is 6.07 Å². The Bertz CT molecular complexity index is 790. The maximum atomic E-state index is 13.5. The molecule has 0 spiro atoms. The topological polar surface area (TPSA) is 30.2 Å². The Morgan fingerprint density at radius 2 is 1.76 bits per heavy atom. The van der Waals surface area contributed by atoms with Crippen molar-refractivity contribution in [3.63, 3.8) is 0 Å². The highest BCUT2D eigenvalue weighted by atomic mass is 19.1. The smallest absolute Gasteiger partial charge is 0.203 e. The summed E-state index contributed by atoms with van der Waals surface area (Å²) in [7, 11) is 0. The van der Waals surface area contributed by atoms with Gasteiger partial charge in [0.2, 0.25) is 5.43 Å². The number of rotatable bonds is 0. The fraction of sp³-hybridized carbons (Fsp3) is 0. The second-order valence-electron chi connectivity index (χ2n) is 3.69. The first-order valence-corrected chi connectivity index (χ1v) is 4.97. The van der Waals surface area contributed by atoms with Gasteiger partial charge >= 0.3 is 0 Å². The Morgan fingerprint density at radius 1 is 1.00 bits per heavy atom. The van der Waals surface area contributed by atoms with Crippen LogP contribution in [0.2, 0.25) is 0 Å². The van der Waals surface area contributed by atoms with E-state index in [1.165, 1.54) is 0 Å². The van der Waals surface area contributed by atoms with E-state index in [0.29, 0.717) is 11.6 Å². The quantitative estimate of drug-likeness (QED) is 0.557. The molecule has 4 heteroatoms. The summed E-state index contributed by atoms with van der Waals surface area (Å²) in [6.07, 6.45) is 0.